The van der Waals surface area contributed by atoms with Gasteiger partial charge in [0.25, 0.3) is 5.91 Å². The summed E-state index contributed by atoms with van der Waals surface area (Å²) in [5.41, 5.74) is -3.82. The fraction of sp³-hybridized carbons (Fsp3) is 0.304. The highest BCUT2D eigenvalue weighted by Gasteiger charge is 2.36. The number of anilines is 1. The van der Waals surface area contributed by atoms with Gasteiger partial charge < -0.3 is 15.4 Å². The zero-order chi connectivity index (χ0) is 27.0. The van der Waals surface area contributed by atoms with Crippen molar-refractivity contribution >= 4 is 24.0 Å². The van der Waals surface area contributed by atoms with Crippen molar-refractivity contribution in [3.8, 4) is 17.1 Å². The van der Waals surface area contributed by atoms with Gasteiger partial charge in [0, 0.05) is 10.8 Å². The number of nitrogens with zero attached hydrogens (tertiary/aromatic N) is 5. The summed E-state index contributed by atoms with van der Waals surface area (Å²) in [6, 6.07) is 4.00. The summed E-state index contributed by atoms with van der Waals surface area (Å²) in [5, 5.41) is 17.7. The molecule has 0 aliphatic carbocycles. The lowest BCUT2D eigenvalue weighted by Gasteiger charge is -2.22. The zero-order valence-electron chi connectivity index (χ0n) is 19.5. The number of aromatic nitrogens is 3. The summed E-state index contributed by atoms with van der Waals surface area (Å²) >= 11 is 0. The van der Waals surface area contributed by atoms with Crippen LogP contribution in [0.15, 0.2) is 42.9 Å². The van der Waals surface area contributed by atoms with E-state index in [1.807, 2.05) is 0 Å². The highest BCUT2D eigenvalue weighted by Crippen LogP contribution is 2.38. The molecule has 9 nitrogen and oxygen atoms in total. The second-order valence-corrected chi connectivity index (χ2v) is 7.89. The minimum absolute atomic E-state index is 0. The average molecular weight is 558 g/mol. The summed E-state index contributed by atoms with van der Waals surface area (Å²) in [7, 11) is 0. The Morgan fingerprint density at radius 3 is 2.39 bits per heavy atom. The van der Waals surface area contributed by atoms with Crippen LogP contribution in [0.1, 0.15) is 28.9 Å². The maximum Gasteiger partial charge on any atom is 0.418 e. The van der Waals surface area contributed by atoms with Crippen molar-refractivity contribution in [2.24, 2.45) is 5.92 Å². The summed E-state index contributed by atoms with van der Waals surface area (Å²) in [6.07, 6.45) is -0.642. The molecular weight excluding hydrogens is 537 g/mol. The van der Waals surface area contributed by atoms with E-state index in [9.17, 15) is 26.7 Å². The number of pyridine rings is 1. The van der Waals surface area contributed by atoms with Crippen LogP contribution in [-0.4, -0.2) is 40.6 Å². The molecule has 0 saturated carbocycles. The lowest BCUT2D eigenvalue weighted by molar-refractivity contribution is -0.137. The van der Waals surface area contributed by atoms with Gasteiger partial charge in [-0.25, -0.2) is 18.7 Å². The van der Waals surface area contributed by atoms with Gasteiger partial charge in [-0.15, -0.1) is 12.4 Å². The van der Waals surface area contributed by atoms with Crippen molar-refractivity contribution < 1.29 is 31.5 Å². The van der Waals surface area contributed by atoms with Gasteiger partial charge in [0.05, 0.1) is 29.6 Å². The minimum atomic E-state index is -4.96. The smallest absolute Gasteiger partial charge is 0.418 e. The van der Waals surface area contributed by atoms with E-state index in [-0.39, 0.29) is 24.0 Å². The van der Waals surface area contributed by atoms with Gasteiger partial charge in [-0.2, -0.15) is 18.2 Å². The Labute approximate surface area is 219 Å². The third-order valence-corrected chi connectivity index (χ3v) is 5.47. The highest BCUT2D eigenvalue weighted by atomic mass is 35.5. The Morgan fingerprint density at radius 2 is 1.76 bits per heavy atom. The molecule has 4 rings (SSSR count). The van der Waals surface area contributed by atoms with E-state index < -0.39 is 46.2 Å². The van der Waals surface area contributed by atoms with Crippen molar-refractivity contribution in [1.29, 1.82) is 10.8 Å². The summed E-state index contributed by atoms with van der Waals surface area (Å²) in [4.78, 5) is 24.4. The third-order valence-electron chi connectivity index (χ3n) is 5.47. The first kappa shape index (κ1) is 30.3. The summed E-state index contributed by atoms with van der Waals surface area (Å²) in [5.74, 6) is -3.04. The third kappa shape index (κ3) is 7.30. The van der Waals surface area contributed by atoms with E-state index >= 15 is 0 Å². The zero-order valence-corrected chi connectivity index (χ0v) is 20.3. The number of hydrogen-bond donors (Lipinski definition) is 2. The first-order valence-electron chi connectivity index (χ1n) is 10.9. The Bertz CT molecular complexity index is 1250. The highest BCUT2D eigenvalue weighted by molar-refractivity contribution is 6.03. The Kier molecular flexibility index (Phi) is 10.8. The molecule has 0 spiro atoms. The number of piperidine rings is 1. The van der Waals surface area contributed by atoms with Crippen LogP contribution in [0.5, 0.6) is 5.88 Å². The van der Waals surface area contributed by atoms with Gasteiger partial charge in [0.1, 0.15) is 29.3 Å². The number of rotatable bonds is 6. The van der Waals surface area contributed by atoms with E-state index in [1.165, 1.54) is 12.5 Å². The number of nitrogens with one attached hydrogen (secondary N) is 2. The molecule has 1 fully saturated rings. The molecule has 0 unspecified atom stereocenters. The van der Waals surface area contributed by atoms with Crippen LogP contribution in [0.25, 0.3) is 11.3 Å². The fourth-order valence-corrected chi connectivity index (χ4v) is 3.68. The van der Waals surface area contributed by atoms with Crippen LogP contribution < -0.4 is 15.4 Å². The second kappa shape index (κ2) is 13.5. The first-order valence-corrected chi connectivity index (χ1v) is 10.9. The number of benzene rings is 1. The molecule has 0 bridgehead atoms. The maximum absolute atomic E-state index is 14.3. The van der Waals surface area contributed by atoms with Crippen molar-refractivity contribution in [3.63, 3.8) is 0 Å². The molecule has 1 aliphatic rings. The van der Waals surface area contributed by atoms with Crippen LogP contribution >= 0.6 is 12.4 Å². The SMILES string of the molecule is Cl.N#N.O=C(Nc1cncnc1OCC1CCNCC1)c1ccc(C(F)(F)F)c(-c2c(F)cccc2F)n1. The molecule has 0 atom stereocenters. The van der Waals surface area contributed by atoms with Crippen molar-refractivity contribution in [2.75, 3.05) is 25.0 Å². The van der Waals surface area contributed by atoms with Crippen LogP contribution in [0.3, 0.4) is 0 Å². The van der Waals surface area contributed by atoms with Crippen LogP contribution in [-0.2, 0) is 6.18 Å². The molecule has 3 aromatic rings. The van der Waals surface area contributed by atoms with Crippen molar-refractivity contribution in [3.05, 3.63) is 65.7 Å². The summed E-state index contributed by atoms with van der Waals surface area (Å²) < 4.78 is 75.0. The molecule has 1 saturated heterocycles. The molecule has 1 aromatic carbocycles. The molecule has 1 amide bonds. The number of amides is 1. The monoisotopic (exact) mass is 557 g/mol. The second-order valence-electron chi connectivity index (χ2n) is 7.89. The number of ether oxygens (including phenoxy) is 1. The first-order chi connectivity index (χ1) is 17.7. The number of carbonyl (C=O) groups excluding carboxylic acids is 1. The molecule has 202 valence electrons. The van der Waals surface area contributed by atoms with Gasteiger partial charge in [-0.05, 0) is 56.1 Å². The molecule has 2 N–H and O–H groups in total. The fourth-order valence-electron chi connectivity index (χ4n) is 3.68. The predicted molar refractivity (Wildman–Crippen MR) is 126 cm³/mol. The maximum atomic E-state index is 14.3. The van der Waals surface area contributed by atoms with Gasteiger partial charge in [-0.3, -0.25) is 4.79 Å². The number of alkyl halides is 3. The van der Waals surface area contributed by atoms with E-state index in [4.69, 9.17) is 15.5 Å². The van der Waals surface area contributed by atoms with Crippen molar-refractivity contribution in [1.82, 2.24) is 20.3 Å². The van der Waals surface area contributed by atoms with E-state index in [1.54, 1.807) is 0 Å². The van der Waals surface area contributed by atoms with Crippen LogP contribution in [0, 0.1) is 28.3 Å². The lowest BCUT2D eigenvalue weighted by atomic mass is 9.99. The quantitative estimate of drug-likeness (QED) is 0.322. The standard InChI is InChI=1S/C23H20F5N5O2.ClH.N2/c24-15-2-1-3-16(25)19(15)20-14(23(26,27)28)4-5-17(32-20)21(34)33-18-10-30-12-31-22(18)35-11-13-6-8-29-9-7-13;;1-2/h1-5,10,12-13,29H,6-9,11H2,(H,33,34);1H;. The normalized spacial score (nSPS) is 13.4. The van der Waals surface area contributed by atoms with E-state index in [0.29, 0.717) is 18.6 Å². The van der Waals surface area contributed by atoms with Gasteiger partial charge in [-0.1, -0.05) is 6.07 Å². The Hall–Kier alpha value is -3.96. The lowest BCUT2D eigenvalue weighted by Crippen LogP contribution is -2.30. The molecular formula is C23H21ClF5N7O2. The van der Waals surface area contributed by atoms with Gasteiger partial charge >= 0.3 is 6.18 Å². The van der Waals surface area contributed by atoms with Crippen molar-refractivity contribution in [2.45, 2.75) is 19.0 Å². The minimum Gasteiger partial charge on any atom is -0.476 e. The van der Waals surface area contributed by atoms with E-state index in [0.717, 1.165) is 50.2 Å². The number of hydrogen-bond acceptors (Lipinski definition) is 8. The van der Waals surface area contributed by atoms with Gasteiger partial charge in [0.2, 0.25) is 5.88 Å². The molecule has 3 heterocycles. The van der Waals surface area contributed by atoms with E-state index in [2.05, 4.69) is 25.6 Å². The topological polar surface area (TPSA) is 137 Å². The van der Waals surface area contributed by atoms with Crippen LogP contribution in [0.2, 0.25) is 0 Å². The average Bonchev–Trinajstić information content (AvgIpc) is 2.89. The molecule has 15 heteroatoms. The molecule has 38 heavy (non-hydrogen) atoms. The van der Waals surface area contributed by atoms with Gasteiger partial charge in [0.15, 0.2) is 0 Å². The number of carbonyl (C=O) groups is 1. The summed E-state index contributed by atoms with van der Waals surface area (Å²) in [6.45, 7) is 2.09. The van der Waals surface area contributed by atoms with Crippen LogP contribution in [0.4, 0.5) is 27.6 Å². The molecule has 1 aliphatic heterocycles. The predicted octanol–water partition coefficient (Wildman–Crippen LogP) is 4.92. The molecule has 2 aromatic heterocycles. The molecule has 0 radical (unpaired) electrons. The Morgan fingerprint density at radius 1 is 1.11 bits per heavy atom. The Balaban J connectivity index is 0.00000165. The number of halogens is 6. The largest absolute Gasteiger partial charge is 0.476 e.